The lowest BCUT2D eigenvalue weighted by Gasteiger charge is -1.99. The van der Waals surface area contributed by atoms with E-state index >= 15 is 0 Å². The molecule has 1 nitrogen and oxygen atoms in total. The second kappa shape index (κ2) is 5.83. The summed E-state index contributed by atoms with van der Waals surface area (Å²) < 4.78 is 11.9. The summed E-state index contributed by atoms with van der Waals surface area (Å²) in [6.07, 6.45) is 4.17. The van der Waals surface area contributed by atoms with Crippen molar-refractivity contribution in [3.63, 3.8) is 0 Å². The van der Waals surface area contributed by atoms with Gasteiger partial charge in [-0.25, -0.2) is 0 Å². The summed E-state index contributed by atoms with van der Waals surface area (Å²) in [7, 11) is 0. The average Bonchev–Trinajstić information content (AvgIpc) is 2.03. The maximum absolute atomic E-state index is 11.9. The lowest BCUT2D eigenvalue weighted by Crippen LogP contribution is -1.85. The maximum atomic E-state index is 11.9. The summed E-state index contributed by atoms with van der Waals surface area (Å²) in [5.74, 6) is 0. The molecule has 0 N–H and O–H groups in total. The van der Waals surface area contributed by atoms with Crippen LogP contribution in [0.4, 0.5) is 4.39 Å². The highest BCUT2D eigenvalue weighted by molar-refractivity contribution is 5.33. The molecule has 0 aliphatic heterocycles. The van der Waals surface area contributed by atoms with Crippen LogP contribution in [0.1, 0.15) is 20.3 Å². The van der Waals surface area contributed by atoms with E-state index in [1.165, 1.54) is 0 Å². The number of nitrogens with zero attached hydrogens (tertiary/aromatic N) is 1. The minimum Gasteiger partial charge on any atom is -0.269 e. The van der Waals surface area contributed by atoms with E-state index in [1.807, 2.05) is 26.0 Å². The Morgan fingerprint density at radius 1 is 1.64 bits per heavy atom. The number of aliphatic imine (C=N–C) groups is 1. The van der Waals surface area contributed by atoms with Gasteiger partial charge in [0.15, 0.2) is 0 Å². The van der Waals surface area contributed by atoms with E-state index in [0.717, 1.165) is 11.3 Å². The van der Waals surface area contributed by atoms with E-state index in [1.54, 1.807) is 0 Å². The van der Waals surface area contributed by atoms with Crippen molar-refractivity contribution in [1.29, 1.82) is 0 Å². The molecule has 0 aromatic carbocycles. The third-order valence-corrected chi connectivity index (χ3v) is 1.43. The number of rotatable bonds is 4. The van der Waals surface area contributed by atoms with Crippen LogP contribution in [-0.4, -0.2) is 13.4 Å². The fraction of sp³-hybridized carbons (Fsp3) is 0.444. The van der Waals surface area contributed by atoms with Crippen molar-refractivity contribution in [2.45, 2.75) is 20.3 Å². The predicted molar refractivity (Wildman–Crippen MR) is 47.7 cm³/mol. The first-order valence-electron chi connectivity index (χ1n) is 3.61. The largest absolute Gasteiger partial charge is 0.269 e. The summed E-state index contributed by atoms with van der Waals surface area (Å²) in [5, 5.41) is 0. The van der Waals surface area contributed by atoms with Gasteiger partial charge in [0.25, 0.3) is 0 Å². The average molecular weight is 155 g/mol. The summed E-state index contributed by atoms with van der Waals surface area (Å²) in [6.45, 7) is 6.77. The van der Waals surface area contributed by atoms with Crippen LogP contribution in [0.2, 0.25) is 0 Å². The topological polar surface area (TPSA) is 12.4 Å². The smallest absolute Gasteiger partial charge is 0.0935 e. The van der Waals surface area contributed by atoms with Crippen LogP contribution in [0.3, 0.4) is 0 Å². The van der Waals surface area contributed by atoms with Gasteiger partial charge in [0.1, 0.15) is 0 Å². The van der Waals surface area contributed by atoms with Gasteiger partial charge in [-0.1, -0.05) is 12.2 Å². The van der Waals surface area contributed by atoms with Crippen LogP contribution in [0, 0.1) is 0 Å². The summed E-state index contributed by atoms with van der Waals surface area (Å²) >= 11 is 0. The molecule has 0 saturated carbocycles. The van der Waals surface area contributed by atoms with Gasteiger partial charge in [0, 0.05) is 12.1 Å². The second-order valence-corrected chi connectivity index (χ2v) is 2.21. The molecule has 62 valence electrons. The van der Waals surface area contributed by atoms with Crippen LogP contribution in [0.25, 0.3) is 0 Å². The van der Waals surface area contributed by atoms with E-state index in [4.69, 9.17) is 0 Å². The quantitative estimate of drug-likeness (QED) is 0.437. The Bertz CT molecular complexity index is 180. The highest BCUT2D eigenvalue weighted by Crippen LogP contribution is 2.11. The molecule has 0 aliphatic carbocycles. The number of hydrogen-bond acceptors (Lipinski definition) is 1. The van der Waals surface area contributed by atoms with Crippen LogP contribution in [-0.2, 0) is 0 Å². The van der Waals surface area contributed by atoms with Crippen molar-refractivity contribution in [3.05, 3.63) is 23.4 Å². The lowest BCUT2D eigenvalue weighted by molar-refractivity contribution is 0.495. The SMILES string of the molecule is C=N/C(C)=C(\C=C\C)CCF. The van der Waals surface area contributed by atoms with Crippen molar-refractivity contribution in [1.82, 2.24) is 0 Å². The third kappa shape index (κ3) is 3.71. The zero-order chi connectivity index (χ0) is 8.69. The molecule has 0 unspecified atom stereocenters. The molecule has 11 heavy (non-hydrogen) atoms. The Hall–Kier alpha value is -0.920. The van der Waals surface area contributed by atoms with Gasteiger partial charge in [-0.2, -0.15) is 0 Å². The van der Waals surface area contributed by atoms with Crippen molar-refractivity contribution < 1.29 is 4.39 Å². The second-order valence-electron chi connectivity index (χ2n) is 2.21. The molecule has 0 radical (unpaired) electrons. The van der Waals surface area contributed by atoms with E-state index in [-0.39, 0.29) is 6.67 Å². The van der Waals surface area contributed by atoms with E-state index in [9.17, 15) is 4.39 Å². The Kier molecular flexibility index (Phi) is 5.35. The first kappa shape index (κ1) is 10.1. The van der Waals surface area contributed by atoms with Gasteiger partial charge in [0.2, 0.25) is 0 Å². The molecular weight excluding hydrogens is 141 g/mol. The molecule has 0 atom stereocenters. The maximum Gasteiger partial charge on any atom is 0.0935 e. The Morgan fingerprint density at radius 3 is 2.64 bits per heavy atom. The van der Waals surface area contributed by atoms with Crippen LogP contribution in [0.15, 0.2) is 28.4 Å². The number of allylic oxidation sites excluding steroid dienone is 4. The molecule has 0 heterocycles. The van der Waals surface area contributed by atoms with Gasteiger partial charge in [0.05, 0.1) is 6.67 Å². The van der Waals surface area contributed by atoms with Crippen LogP contribution >= 0.6 is 0 Å². The molecule has 0 saturated heterocycles. The predicted octanol–water partition coefficient (Wildman–Crippen LogP) is 2.90. The van der Waals surface area contributed by atoms with Gasteiger partial charge in [-0.05, 0) is 26.1 Å². The highest BCUT2D eigenvalue weighted by Gasteiger charge is 1.95. The van der Waals surface area contributed by atoms with E-state index in [2.05, 4.69) is 11.7 Å². The molecule has 0 amide bonds. The highest BCUT2D eigenvalue weighted by atomic mass is 19.1. The van der Waals surface area contributed by atoms with Crippen LogP contribution in [0.5, 0.6) is 0 Å². The fourth-order valence-corrected chi connectivity index (χ4v) is 0.789. The minimum atomic E-state index is -0.341. The van der Waals surface area contributed by atoms with Gasteiger partial charge in [-0.3, -0.25) is 9.38 Å². The first-order chi connectivity index (χ1) is 5.26. The molecular formula is C9H14FN. The standard InChI is InChI=1S/C9H14FN/c1-4-5-9(6-7-10)8(2)11-3/h4-5H,3,6-7H2,1-2H3/b5-4+,9-8+. The number of hydrogen-bond donors (Lipinski definition) is 0. The van der Waals surface area contributed by atoms with E-state index < -0.39 is 0 Å². The Morgan fingerprint density at radius 2 is 2.27 bits per heavy atom. The monoisotopic (exact) mass is 155 g/mol. The molecule has 0 aromatic heterocycles. The zero-order valence-electron chi connectivity index (χ0n) is 7.10. The van der Waals surface area contributed by atoms with E-state index in [0.29, 0.717) is 6.42 Å². The Labute approximate surface area is 67.3 Å². The van der Waals surface area contributed by atoms with Crippen molar-refractivity contribution in [2.75, 3.05) is 6.67 Å². The number of alkyl halides is 1. The van der Waals surface area contributed by atoms with Gasteiger partial charge in [-0.15, -0.1) is 0 Å². The molecule has 0 spiro atoms. The Balaban J connectivity index is 4.42. The zero-order valence-corrected chi connectivity index (χ0v) is 7.10. The van der Waals surface area contributed by atoms with Crippen molar-refractivity contribution in [3.8, 4) is 0 Å². The number of halogens is 1. The molecule has 0 bridgehead atoms. The first-order valence-corrected chi connectivity index (χ1v) is 3.61. The van der Waals surface area contributed by atoms with Gasteiger partial charge < -0.3 is 0 Å². The summed E-state index contributed by atoms with van der Waals surface area (Å²) in [4.78, 5) is 3.74. The van der Waals surface area contributed by atoms with Crippen LogP contribution < -0.4 is 0 Å². The minimum absolute atomic E-state index is 0.341. The molecule has 0 aliphatic rings. The summed E-state index contributed by atoms with van der Waals surface area (Å²) in [5.41, 5.74) is 1.73. The van der Waals surface area contributed by atoms with Gasteiger partial charge >= 0.3 is 0 Å². The lowest BCUT2D eigenvalue weighted by atomic mass is 10.1. The third-order valence-electron chi connectivity index (χ3n) is 1.43. The molecule has 0 fully saturated rings. The molecule has 2 heteroatoms. The van der Waals surface area contributed by atoms with Crippen molar-refractivity contribution >= 4 is 6.72 Å². The normalized spacial score (nSPS) is 13.4. The fourth-order valence-electron chi connectivity index (χ4n) is 0.789. The molecule has 0 aromatic rings. The summed E-state index contributed by atoms with van der Waals surface area (Å²) in [6, 6.07) is 0. The van der Waals surface area contributed by atoms with Crippen molar-refractivity contribution in [2.24, 2.45) is 4.99 Å². The molecule has 0 rings (SSSR count).